The summed E-state index contributed by atoms with van der Waals surface area (Å²) in [6.07, 6.45) is 4.48. The molecule has 1 aromatic carbocycles. The summed E-state index contributed by atoms with van der Waals surface area (Å²) in [5.74, 6) is -0.0591. The normalized spacial score (nSPS) is 11.4. The Morgan fingerprint density at radius 3 is 2.63 bits per heavy atom. The molecule has 19 heavy (non-hydrogen) atoms. The van der Waals surface area contributed by atoms with E-state index in [1.807, 2.05) is 50.3 Å². The van der Waals surface area contributed by atoms with Crippen molar-refractivity contribution in [1.82, 2.24) is 10.2 Å². The molecule has 0 unspecified atom stereocenters. The lowest BCUT2D eigenvalue weighted by atomic mass is 10.1. The smallest absolute Gasteiger partial charge is 0.250 e. The summed E-state index contributed by atoms with van der Waals surface area (Å²) in [5, 5.41) is 9.68. The fraction of sp³-hybridized carbons (Fsp3) is 0.200. The van der Waals surface area contributed by atoms with E-state index in [1.165, 1.54) is 0 Å². The summed E-state index contributed by atoms with van der Waals surface area (Å²) < 4.78 is 0. The van der Waals surface area contributed by atoms with Crippen LogP contribution in [0.3, 0.4) is 0 Å². The zero-order chi connectivity index (χ0) is 13.7. The van der Waals surface area contributed by atoms with Crippen molar-refractivity contribution in [3.8, 4) is 11.3 Å². The lowest BCUT2D eigenvalue weighted by Gasteiger charge is -2.06. The van der Waals surface area contributed by atoms with Gasteiger partial charge in [-0.25, -0.2) is 0 Å². The predicted molar refractivity (Wildman–Crippen MR) is 76.7 cm³/mol. The lowest BCUT2D eigenvalue weighted by molar-refractivity contribution is -0.112. The Balaban J connectivity index is 2.07. The molecule has 2 rings (SSSR count). The summed E-state index contributed by atoms with van der Waals surface area (Å²) in [6, 6.07) is 9.56. The van der Waals surface area contributed by atoms with Gasteiger partial charge in [0.05, 0.1) is 5.69 Å². The van der Waals surface area contributed by atoms with Crippen LogP contribution in [-0.2, 0) is 4.79 Å². The molecule has 0 aliphatic heterocycles. The average Bonchev–Trinajstić information content (AvgIpc) is 2.94. The summed E-state index contributed by atoms with van der Waals surface area (Å²) in [7, 11) is 0. The third kappa shape index (κ3) is 3.31. The molecule has 0 aliphatic rings. The number of amides is 1. The minimum atomic E-state index is -0.0591. The van der Waals surface area contributed by atoms with Gasteiger partial charge in [-0.2, -0.15) is 5.10 Å². The van der Waals surface area contributed by atoms with Crippen LogP contribution in [0, 0.1) is 0 Å². The maximum atomic E-state index is 11.8. The van der Waals surface area contributed by atoms with Crippen LogP contribution in [0.5, 0.6) is 0 Å². The largest absolute Gasteiger partial charge is 0.322 e. The van der Waals surface area contributed by atoms with Crippen molar-refractivity contribution >= 4 is 11.6 Å². The van der Waals surface area contributed by atoms with E-state index in [2.05, 4.69) is 15.5 Å². The SMILES string of the molecule is CC/C=C(/C)C(=O)Nc1ccc(-c2ccn[nH]2)cc1. The minimum Gasteiger partial charge on any atom is -0.322 e. The van der Waals surface area contributed by atoms with Gasteiger partial charge in [0.25, 0.3) is 5.91 Å². The average molecular weight is 255 g/mol. The highest BCUT2D eigenvalue weighted by Gasteiger charge is 2.04. The molecule has 0 atom stereocenters. The third-order valence-electron chi connectivity index (χ3n) is 2.82. The van der Waals surface area contributed by atoms with Gasteiger partial charge in [0.1, 0.15) is 0 Å². The van der Waals surface area contributed by atoms with Crippen LogP contribution in [0.4, 0.5) is 5.69 Å². The van der Waals surface area contributed by atoms with E-state index in [0.717, 1.165) is 28.9 Å². The van der Waals surface area contributed by atoms with E-state index in [-0.39, 0.29) is 5.91 Å². The van der Waals surface area contributed by atoms with Gasteiger partial charge < -0.3 is 5.32 Å². The fourth-order valence-electron chi connectivity index (χ4n) is 1.78. The van der Waals surface area contributed by atoms with E-state index < -0.39 is 0 Å². The molecule has 0 bridgehead atoms. The number of H-pyrrole nitrogens is 1. The Morgan fingerprint density at radius 2 is 2.05 bits per heavy atom. The zero-order valence-electron chi connectivity index (χ0n) is 11.1. The number of allylic oxidation sites excluding steroid dienone is 1. The van der Waals surface area contributed by atoms with Gasteiger partial charge in [0.15, 0.2) is 0 Å². The number of carbonyl (C=O) groups excluding carboxylic acids is 1. The number of hydrogen-bond acceptors (Lipinski definition) is 2. The van der Waals surface area contributed by atoms with Crippen molar-refractivity contribution in [3.05, 3.63) is 48.2 Å². The predicted octanol–water partition coefficient (Wildman–Crippen LogP) is 3.37. The highest BCUT2D eigenvalue weighted by molar-refractivity contribution is 6.03. The van der Waals surface area contributed by atoms with E-state index >= 15 is 0 Å². The van der Waals surface area contributed by atoms with E-state index in [1.54, 1.807) is 6.20 Å². The van der Waals surface area contributed by atoms with Crippen molar-refractivity contribution in [1.29, 1.82) is 0 Å². The number of aromatic amines is 1. The molecule has 0 saturated carbocycles. The molecular formula is C15H17N3O. The van der Waals surface area contributed by atoms with Crippen molar-refractivity contribution in [3.63, 3.8) is 0 Å². The molecule has 0 saturated heterocycles. The van der Waals surface area contributed by atoms with Crippen LogP contribution in [0.1, 0.15) is 20.3 Å². The van der Waals surface area contributed by atoms with E-state index in [9.17, 15) is 4.79 Å². The van der Waals surface area contributed by atoms with Crippen LogP contribution < -0.4 is 5.32 Å². The van der Waals surface area contributed by atoms with E-state index in [4.69, 9.17) is 0 Å². The summed E-state index contributed by atoms with van der Waals surface area (Å²) in [4.78, 5) is 11.8. The van der Waals surface area contributed by atoms with Crippen molar-refractivity contribution in [2.45, 2.75) is 20.3 Å². The lowest BCUT2D eigenvalue weighted by Crippen LogP contribution is -2.12. The third-order valence-corrected chi connectivity index (χ3v) is 2.82. The monoisotopic (exact) mass is 255 g/mol. The van der Waals surface area contributed by atoms with Gasteiger partial charge in [0.2, 0.25) is 0 Å². The van der Waals surface area contributed by atoms with Crippen LogP contribution in [-0.4, -0.2) is 16.1 Å². The second-order valence-electron chi connectivity index (χ2n) is 4.30. The van der Waals surface area contributed by atoms with Crippen molar-refractivity contribution in [2.75, 3.05) is 5.32 Å². The number of anilines is 1. The Hall–Kier alpha value is -2.36. The molecule has 0 radical (unpaired) electrons. The first-order valence-electron chi connectivity index (χ1n) is 6.28. The number of aromatic nitrogens is 2. The maximum Gasteiger partial charge on any atom is 0.250 e. The topological polar surface area (TPSA) is 57.8 Å². The number of nitrogens with one attached hydrogen (secondary N) is 2. The van der Waals surface area contributed by atoms with Gasteiger partial charge in [-0.1, -0.05) is 25.1 Å². The fourth-order valence-corrected chi connectivity index (χ4v) is 1.78. The van der Waals surface area contributed by atoms with Crippen LogP contribution in [0.2, 0.25) is 0 Å². The molecule has 1 heterocycles. The molecule has 1 aromatic heterocycles. The van der Waals surface area contributed by atoms with Crippen LogP contribution >= 0.6 is 0 Å². The number of rotatable bonds is 4. The number of benzene rings is 1. The molecule has 0 spiro atoms. The van der Waals surface area contributed by atoms with E-state index in [0.29, 0.717) is 0 Å². The Morgan fingerprint density at radius 1 is 1.32 bits per heavy atom. The molecule has 4 heteroatoms. The molecule has 1 amide bonds. The Bertz CT molecular complexity index is 568. The zero-order valence-corrected chi connectivity index (χ0v) is 11.1. The van der Waals surface area contributed by atoms with Gasteiger partial charge >= 0.3 is 0 Å². The van der Waals surface area contributed by atoms with Crippen molar-refractivity contribution < 1.29 is 4.79 Å². The number of nitrogens with zero attached hydrogens (tertiary/aromatic N) is 1. The van der Waals surface area contributed by atoms with Gasteiger partial charge in [-0.15, -0.1) is 0 Å². The highest BCUT2D eigenvalue weighted by Crippen LogP contribution is 2.19. The first-order valence-corrected chi connectivity index (χ1v) is 6.28. The number of hydrogen-bond donors (Lipinski definition) is 2. The summed E-state index contributed by atoms with van der Waals surface area (Å²) >= 11 is 0. The van der Waals surface area contributed by atoms with Crippen LogP contribution in [0.15, 0.2) is 48.2 Å². The molecular weight excluding hydrogens is 238 g/mol. The highest BCUT2D eigenvalue weighted by atomic mass is 16.1. The van der Waals surface area contributed by atoms with Crippen LogP contribution in [0.25, 0.3) is 11.3 Å². The summed E-state index contributed by atoms with van der Waals surface area (Å²) in [6.45, 7) is 3.83. The first kappa shape index (κ1) is 13.1. The maximum absolute atomic E-state index is 11.8. The Labute approximate surface area is 112 Å². The Kier molecular flexibility index (Phi) is 4.13. The molecule has 2 aromatic rings. The molecule has 98 valence electrons. The molecule has 2 N–H and O–H groups in total. The molecule has 0 aliphatic carbocycles. The van der Waals surface area contributed by atoms with Gasteiger partial charge in [-0.3, -0.25) is 9.89 Å². The second kappa shape index (κ2) is 6.00. The first-order chi connectivity index (χ1) is 9.20. The van der Waals surface area contributed by atoms with Gasteiger partial charge in [0, 0.05) is 17.5 Å². The summed E-state index contributed by atoms with van der Waals surface area (Å²) in [5.41, 5.74) is 3.52. The quantitative estimate of drug-likeness (QED) is 0.823. The van der Waals surface area contributed by atoms with Crippen molar-refractivity contribution in [2.24, 2.45) is 0 Å². The standard InChI is InChI=1S/C15H17N3O/c1-3-4-11(2)15(19)17-13-7-5-12(6-8-13)14-9-10-16-18-14/h4-10H,3H2,1-2H3,(H,16,18)(H,17,19)/b11-4-. The minimum absolute atomic E-state index is 0.0591. The molecule has 0 fully saturated rings. The number of carbonyl (C=O) groups is 1. The molecule has 4 nitrogen and oxygen atoms in total. The van der Waals surface area contributed by atoms with Gasteiger partial charge in [-0.05, 0) is 37.1 Å². The second-order valence-corrected chi connectivity index (χ2v) is 4.30.